The van der Waals surface area contributed by atoms with Gasteiger partial charge in [-0.2, -0.15) is 0 Å². The standard InChI is InChI=1S/C19H15N3O2/c1-2-18(23)21-15-5-3-4-13(10-15)14-7-6-12-8-9-16(19(20)24)22-17(12)11-14/h2-11H,1H2,(H2,20,24)(H,21,23). The highest BCUT2D eigenvalue weighted by Crippen LogP contribution is 2.26. The first kappa shape index (κ1) is 15.4. The molecular formula is C19H15N3O2. The lowest BCUT2D eigenvalue weighted by Crippen LogP contribution is -2.12. The minimum absolute atomic E-state index is 0.228. The molecule has 0 saturated carbocycles. The Morgan fingerprint density at radius 3 is 2.54 bits per heavy atom. The van der Waals surface area contributed by atoms with Crippen LogP contribution in [0.2, 0.25) is 0 Å². The van der Waals surface area contributed by atoms with E-state index in [9.17, 15) is 9.59 Å². The SMILES string of the molecule is C=CC(=O)Nc1cccc(-c2ccc3ccc(C(N)=O)nc3c2)c1. The van der Waals surface area contributed by atoms with Crippen molar-refractivity contribution < 1.29 is 9.59 Å². The fourth-order valence-corrected chi connectivity index (χ4v) is 2.40. The third-order valence-corrected chi connectivity index (χ3v) is 3.59. The molecule has 0 aliphatic rings. The van der Waals surface area contributed by atoms with Crippen molar-refractivity contribution in [2.24, 2.45) is 5.73 Å². The summed E-state index contributed by atoms with van der Waals surface area (Å²) in [5, 5.41) is 3.65. The van der Waals surface area contributed by atoms with E-state index in [0.717, 1.165) is 16.5 Å². The molecule has 0 saturated heterocycles. The highest BCUT2D eigenvalue weighted by Gasteiger charge is 2.06. The van der Waals surface area contributed by atoms with Crippen molar-refractivity contribution >= 4 is 28.4 Å². The van der Waals surface area contributed by atoms with Crippen molar-refractivity contribution in [3.05, 3.63) is 72.9 Å². The van der Waals surface area contributed by atoms with Gasteiger partial charge < -0.3 is 11.1 Å². The van der Waals surface area contributed by atoms with Gasteiger partial charge in [0.05, 0.1) is 5.52 Å². The zero-order valence-electron chi connectivity index (χ0n) is 12.8. The molecule has 3 rings (SSSR count). The molecule has 0 unspecified atom stereocenters. The second-order valence-corrected chi connectivity index (χ2v) is 5.24. The second kappa shape index (κ2) is 6.34. The number of nitrogens with two attached hydrogens (primary N) is 1. The first-order chi connectivity index (χ1) is 11.6. The summed E-state index contributed by atoms with van der Waals surface area (Å²) in [4.78, 5) is 27.0. The van der Waals surface area contributed by atoms with Gasteiger partial charge in [-0.25, -0.2) is 4.98 Å². The number of primary amides is 1. The zero-order valence-corrected chi connectivity index (χ0v) is 12.8. The summed E-state index contributed by atoms with van der Waals surface area (Å²) < 4.78 is 0. The van der Waals surface area contributed by atoms with Gasteiger partial charge in [-0.1, -0.05) is 36.9 Å². The van der Waals surface area contributed by atoms with Gasteiger partial charge in [-0.05, 0) is 41.5 Å². The Morgan fingerprint density at radius 1 is 1.04 bits per heavy atom. The summed E-state index contributed by atoms with van der Waals surface area (Å²) >= 11 is 0. The largest absolute Gasteiger partial charge is 0.364 e. The van der Waals surface area contributed by atoms with E-state index in [1.54, 1.807) is 12.1 Å². The fraction of sp³-hybridized carbons (Fsp3) is 0. The van der Waals surface area contributed by atoms with Crippen LogP contribution in [-0.4, -0.2) is 16.8 Å². The number of anilines is 1. The number of rotatable bonds is 4. The number of hydrogen-bond acceptors (Lipinski definition) is 3. The molecule has 0 fully saturated rings. The normalized spacial score (nSPS) is 10.3. The summed E-state index contributed by atoms with van der Waals surface area (Å²) in [6.07, 6.45) is 1.22. The van der Waals surface area contributed by atoms with Gasteiger partial charge in [0, 0.05) is 11.1 Å². The molecule has 0 aliphatic carbocycles. The molecule has 118 valence electrons. The molecule has 3 aromatic rings. The number of hydrogen-bond donors (Lipinski definition) is 2. The van der Waals surface area contributed by atoms with Crippen molar-refractivity contribution in [1.82, 2.24) is 4.98 Å². The quantitative estimate of drug-likeness (QED) is 0.725. The van der Waals surface area contributed by atoms with Crippen molar-refractivity contribution in [1.29, 1.82) is 0 Å². The zero-order chi connectivity index (χ0) is 17.1. The number of pyridine rings is 1. The minimum atomic E-state index is -0.559. The van der Waals surface area contributed by atoms with E-state index >= 15 is 0 Å². The van der Waals surface area contributed by atoms with E-state index in [1.807, 2.05) is 42.5 Å². The Balaban J connectivity index is 2.02. The monoisotopic (exact) mass is 317 g/mol. The molecule has 0 aliphatic heterocycles. The van der Waals surface area contributed by atoms with Crippen molar-refractivity contribution in [2.75, 3.05) is 5.32 Å². The van der Waals surface area contributed by atoms with Gasteiger partial charge in [0.1, 0.15) is 5.69 Å². The van der Waals surface area contributed by atoms with Gasteiger partial charge in [-0.15, -0.1) is 0 Å². The molecule has 2 amide bonds. The maximum Gasteiger partial charge on any atom is 0.267 e. The molecular weight excluding hydrogens is 302 g/mol. The highest BCUT2D eigenvalue weighted by molar-refractivity contribution is 5.99. The predicted molar refractivity (Wildman–Crippen MR) is 94.5 cm³/mol. The number of nitrogens with one attached hydrogen (secondary N) is 1. The molecule has 5 heteroatoms. The summed E-state index contributed by atoms with van der Waals surface area (Å²) in [6, 6.07) is 16.6. The first-order valence-electron chi connectivity index (χ1n) is 7.31. The van der Waals surface area contributed by atoms with E-state index in [2.05, 4.69) is 16.9 Å². The Hall–Kier alpha value is -3.47. The first-order valence-corrected chi connectivity index (χ1v) is 7.31. The van der Waals surface area contributed by atoms with Crippen LogP contribution in [-0.2, 0) is 4.79 Å². The van der Waals surface area contributed by atoms with Crippen LogP contribution in [0.25, 0.3) is 22.0 Å². The molecule has 5 nitrogen and oxygen atoms in total. The van der Waals surface area contributed by atoms with Crippen LogP contribution in [0.1, 0.15) is 10.5 Å². The summed E-state index contributed by atoms with van der Waals surface area (Å²) in [6.45, 7) is 3.44. The molecule has 0 bridgehead atoms. The van der Waals surface area contributed by atoms with E-state index in [1.165, 1.54) is 6.08 Å². The van der Waals surface area contributed by atoms with Crippen LogP contribution in [0.3, 0.4) is 0 Å². The van der Waals surface area contributed by atoms with E-state index in [4.69, 9.17) is 5.73 Å². The molecule has 1 heterocycles. The van der Waals surface area contributed by atoms with Gasteiger partial charge in [0.2, 0.25) is 5.91 Å². The van der Waals surface area contributed by atoms with Crippen LogP contribution in [0.15, 0.2) is 67.3 Å². The Morgan fingerprint density at radius 2 is 1.79 bits per heavy atom. The van der Waals surface area contributed by atoms with Gasteiger partial charge in [0.15, 0.2) is 0 Å². The van der Waals surface area contributed by atoms with Crippen LogP contribution < -0.4 is 11.1 Å². The number of benzene rings is 2. The van der Waals surface area contributed by atoms with E-state index < -0.39 is 5.91 Å². The highest BCUT2D eigenvalue weighted by atomic mass is 16.1. The minimum Gasteiger partial charge on any atom is -0.364 e. The average Bonchev–Trinajstić information content (AvgIpc) is 2.60. The van der Waals surface area contributed by atoms with E-state index in [-0.39, 0.29) is 11.6 Å². The third kappa shape index (κ3) is 3.15. The molecule has 2 aromatic carbocycles. The van der Waals surface area contributed by atoms with Crippen molar-refractivity contribution in [3.8, 4) is 11.1 Å². The third-order valence-electron chi connectivity index (χ3n) is 3.59. The van der Waals surface area contributed by atoms with Gasteiger partial charge in [0.25, 0.3) is 5.91 Å². The fourth-order valence-electron chi connectivity index (χ4n) is 2.40. The number of carbonyl (C=O) groups excluding carboxylic acids is 2. The Kier molecular flexibility index (Phi) is 4.07. The summed E-state index contributed by atoms with van der Waals surface area (Å²) in [5.74, 6) is -0.824. The second-order valence-electron chi connectivity index (χ2n) is 5.24. The average molecular weight is 317 g/mol. The summed E-state index contributed by atoms with van der Waals surface area (Å²) in [7, 11) is 0. The molecule has 0 atom stereocenters. The molecule has 3 N–H and O–H groups in total. The van der Waals surface area contributed by atoms with Gasteiger partial charge >= 0.3 is 0 Å². The van der Waals surface area contributed by atoms with Crippen molar-refractivity contribution in [2.45, 2.75) is 0 Å². The number of amides is 2. The van der Waals surface area contributed by atoms with Gasteiger partial charge in [-0.3, -0.25) is 9.59 Å². The number of nitrogens with zero attached hydrogens (tertiary/aromatic N) is 1. The Bertz CT molecular complexity index is 964. The Labute approximate surface area is 138 Å². The molecule has 1 aromatic heterocycles. The summed E-state index contributed by atoms with van der Waals surface area (Å²) in [5.41, 5.74) is 8.72. The van der Waals surface area contributed by atoms with E-state index in [0.29, 0.717) is 11.2 Å². The number of fused-ring (bicyclic) bond motifs is 1. The van der Waals surface area contributed by atoms with Crippen LogP contribution in [0.5, 0.6) is 0 Å². The maximum atomic E-state index is 11.4. The van der Waals surface area contributed by atoms with Crippen LogP contribution >= 0.6 is 0 Å². The molecule has 0 radical (unpaired) electrons. The number of aromatic nitrogens is 1. The van der Waals surface area contributed by atoms with Crippen molar-refractivity contribution in [3.63, 3.8) is 0 Å². The van der Waals surface area contributed by atoms with Crippen LogP contribution in [0.4, 0.5) is 5.69 Å². The predicted octanol–water partition coefficient (Wildman–Crippen LogP) is 3.13. The van der Waals surface area contributed by atoms with Crippen LogP contribution in [0, 0.1) is 0 Å². The lowest BCUT2D eigenvalue weighted by Gasteiger charge is -2.07. The molecule has 0 spiro atoms. The maximum absolute atomic E-state index is 11.4. The lowest BCUT2D eigenvalue weighted by atomic mass is 10.0. The number of carbonyl (C=O) groups is 2. The lowest BCUT2D eigenvalue weighted by molar-refractivity contribution is -0.111. The molecule has 24 heavy (non-hydrogen) atoms. The topological polar surface area (TPSA) is 85.1 Å². The smallest absolute Gasteiger partial charge is 0.267 e.